The van der Waals surface area contributed by atoms with Crippen molar-refractivity contribution >= 4 is 40.9 Å². The summed E-state index contributed by atoms with van der Waals surface area (Å²) in [5.74, 6) is 1.97. The van der Waals surface area contributed by atoms with Crippen molar-refractivity contribution in [1.29, 1.82) is 0 Å². The number of thioether (sulfide) groups is 1. The predicted molar refractivity (Wildman–Crippen MR) is 130 cm³/mol. The topological polar surface area (TPSA) is 67.2 Å². The van der Waals surface area contributed by atoms with Crippen molar-refractivity contribution in [3.63, 3.8) is 0 Å². The predicted octanol–water partition coefficient (Wildman–Crippen LogP) is 4.51. The number of hydrogen-bond acceptors (Lipinski definition) is 4. The van der Waals surface area contributed by atoms with Crippen molar-refractivity contribution in [1.82, 2.24) is 14.7 Å². The maximum Gasteiger partial charge on any atom is 0.255 e. The van der Waals surface area contributed by atoms with E-state index in [0.717, 1.165) is 47.2 Å². The van der Waals surface area contributed by atoms with Gasteiger partial charge in [-0.15, -0.1) is 0 Å². The highest BCUT2D eigenvalue weighted by molar-refractivity contribution is 7.99. The number of anilines is 1. The number of aromatic nitrogens is 2. The normalized spacial score (nSPS) is 13.8. The van der Waals surface area contributed by atoms with Gasteiger partial charge >= 0.3 is 0 Å². The van der Waals surface area contributed by atoms with Crippen molar-refractivity contribution in [2.75, 3.05) is 29.9 Å². The number of rotatable bonds is 5. The third-order valence-corrected chi connectivity index (χ3v) is 7.00. The Morgan fingerprint density at radius 1 is 1.03 bits per heavy atom. The van der Waals surface area contributed by atoms with E-state index in [-0.39, 0.29) is 11.8 Å². The van der Waals surface area contributed by atoms with Crippen LogP contribution < -0.4 is 5.32 Å². The zero-order valence-corrected chi connectivity index (χ0v) is 19.7. The molecule has 4 rings (SSSR count). The van der Waals surface area contributed by atoms with E-state index >= 15 is 0 Å². The summed E-state index contributed by atoms with van der Waals surface area (Å²) in [4.78, 5) is 27.0. The van der Waals surface area contributed by atoms with Crippen LogP contribution >= 0.6 is 23.4 Å². The molecule has 0 radical (unpaired) electrons. The molecule has 2 aromatic carbocycles. The first-order chi connectivity index (χ1) is 15.4. The number of nitrogens with one attached hydrogen (secondary N) is 1. The second kappa shape index (κ2) is 9.79. The molecule has 0 aliphatic carbocycles. The Balaban J connectivity index is 1.37. The largest absolute Gasteiger partial charge is 0.341 e. The molecule has 3 aromatic rings. The number of benzene rings is 2. The van der Waals surface area contributed by atoms with Crippen LogP contribution in [0.4, 0.5) is 5.69 Å². The highest BCUT2D eigenvalue weighted by Gasteiger charge is 2.17. The minimum atomic E-state index is -0.197. The molecule has 1 fully saturated rings. The summed E-state index contributed by atoms with van der Waals surface area (Å²) in [6, 6.07) is 14.7. The van der Waals surface area contributed by atoms with Crippen LogP contribution in [0, 0.1) is 13.8 Å². The van der Waals surface area contributed by atoms with Gasteiger partial charge in [0.1, 0.15) is 0 Å². The number of amides is 2. The smallest absolute Gasteiger partial charge is 0.255 e. The fraction of sp³-hybridized carbons (Fsp3) is 0.292. The van der Waals surface area contributed by atoms with Crippen LogP contribution in [-0.4, -0.2) is 51.1 Å². The molecule has 1 saturated heterocycles. The number of nitrogens with zero attached hydrogens (tertiary/aromatic N) is 3. The number of carbonyl (C=O) groups is 2. The summed E-state index contributed by atoms with van der Waals surface area (Å²) in [6.07, 6.45) is 0.386. The number of hydrogen-bond donors (Lipinski definition) is 1. The van der Waals surface area contributed by atoms with Crippen LogP contribution in [0.25, 0.3) is 5.69 Å². The van der Waals surface area contributed by atoms with Gasteiger partial charge in [0.2, 0.25) is 5.91 Å². The van der Waals surface area contributed by atoms with E-state index in [2.05, 4.69) is 10.4 Å². The fourth-order valence-corrected chi connectivity index (χ4v) is 4.66. The van der Waals surface area contributed by atoms with Crippen LogP contribution in [-0.2, 0) is 11.2 Å². The Bertz CT molecular complexity index is 1120. The molecule has 1 aromatic heterocycles. The summed E-state index contributed by atoms with van der Waals surface area (Å²) in [5, 5.41) is 7.99. The zero-order chi connectivity index (χ0) is 22.7. The van der Waals surface area contributed by atoms with Gasteiger partial charge < -0.3 is 10.2 Å². The Labute approximate surface area is 196 Å². The summed E-state index contributed by atoms with van der Waals surface area (Å²) < 4.78 is 1.77. The van der Waals surface area contributed by atoms with E-state index in [1.165, 1.54) is 0 Å². The molecule has 0 bridgehead atoms. The molecular weight excluding hydrogens is 444 g/mol. The molecule has 1 aliphatic heterocycles. The second-order valence-corrected chi connectivity index (χ2v) is 9.37. The Morgan fingerprint density at radius 2 is 1.69 bits per heavy atom. The van der Waals surface area contributed by atoms with Crippen LogP contribution in [0.1, 0.15) is 27.3 Å². The lowest BCUT2D eigenvalue weighted by atomic mass is 10.1. The summed E-state index contributed by atoms with van der Waals surface area (Å²) in [6.45, 7) is 5.42. The Hall–Kier alpha value is -2.77. The first-order valence-electron chi connectivity index (χ1n) is 10.5. The van der Waals surface area contributed by atoms with E-state index in [1.54, 1.807) is 16.8 Å². The van der Waals surface area contributed by atoms with Gasteiger partial charge in [-0.05, 0) is 55.8 Å². The molecule has 0 atom stereocenters. The van der Waals surface area contributed by atoms with Crippen molar-refractivity contribution < 1.29 is 9.59 Å². The maximum atomic E-state index is 12.6. The minimum Gasteiger partial charge on any atom is -0.341 e. The molecule has 0 unspecified atom stereocenters. The minimum absolute atomic E-state index is 0.158. The molecule has 6 nitrogen and oxygen atoms in total. The van der Waals surface area contributed by atoms with Gasteiger partial charge in [0.15, 0.2) is 0 Å². The average molecular weight is 469 g/mol. The van der Waals surface area contributed by atoms with Gasteiger partial charge in [0, 0.05) is 35.8 Å². The first-order valence-corrected chi connectivity index (χ1v) is 12.0. The highest BCUT2D eigenvalue weighted by atomic mass is 35.5. The first kappa shape index (κ1) is 22.4. The lowest BCUT2D eigenvalue weighted by molar-refractivity contribution is -0.130. The van der Waals surface area contributed by atoms with Gasteiger partial charge in [0.25, 0.3) is 5.91 Å². The Morgan fingerprint density at radius 3 is 2.28 bits per heavy atom. The molecule has 2 heterocycles. The maximum absolute atomic E-state index is 12.6. The second-order valence-electron chi connectivity index (χ2n) is 7.76. The summed E-state index contributed by atoms with van der Waals surface area (Å²) >= 11 is 8.12. The molecule has 166 valence electrons. The molecular formula is C24H25ClN4O2S. The van der Waals surface area contributed by atoms with Gasteiger partial charge in [-0.2, -0.15) is 16.9 Å². The standard InChI is InChI=1S/C24H25ClN4O2S/c1-16-23(25)17(2)29(27-16)21-9-5-19(6-10-21)24(31)26-20-7-3-18(4-8-20)15-22(30)28-11-13-32-14-12-28/h3-10H,11-15H2,1-2H3,(H,26,31). The number of aryl methyl sites for hydroxylation is 1. The van der Waals surface area contributed by atoms with Gasteiger partial charge in [-0.3, -0.25) is 9.59 Å². The van der Waals surface area contributed by atoms with E-state index < -0.39 is 0 Å². The van der Waals surface area contributed by atoms with Crippen molar-refractivity contribution in [3.8, 4) is 5.69 Å². The Kier molecular flexibility index (Phi) is 6.86. The SMILES string of the molecule is Cc1nn(-c2ccc(C(=O)Nc3ccc(CC(=O)N4CCSCC4)cc3)cc2)c(C)c1Cl. The molecule has 8 heteroatoms. The van der Waals surface area contributed by atoms with Crippen LogP contribution in [0.2, 0.25) is 5.02 Å². The molecule has 32 heavy (non-hydrogen) atoms. The van der Waals surface area contributed by atoms with E-state index in [4.69, 9.17) is 11.6 Å². The van der Waals surface area contributed by atoms with Gasteiger partial charge in [0.05, 0.1) is 28.5 Å². The molecule has 1 N–H and O–H groups in total. The summed E-state index contributed by atoms with van der Waals surface area (Å²) in [7, 11) is 0. The third kappa shape index (κ3) is 5.00. The van der Waals surface area contributed by atoms with E-state index in [9.17, 15) is 9.59 Å². The van der Waals surface area contributed by atoms with E-state index in [1.807, 2.05) is 66.9 Å². The fourth-order valence-electron chi connectivity index (χ4n) is 3.64. The van der Waals surface area contributed by atoms with Crippen molar-refractivity contribution in [3.05, 3.63) is 76.1 Å². The number of carbonyl (C=O) groups excluding carboxylic acids is 2. The third-order valence-electron chi connectivity index (χ3n) is 5.51. The zero-order valence-electron chi connectivity index (χ0n) is 18.1. The van der Waals surface area contributed by atoms with Crippen LogP contribution in [0.15, 0.2) is 48.5 Å². The lowest BCUT2D eigenvalue weighted by Crippen LogP contribution is -2.38. The molecule has 2 amide bonds. The number of halogens is 1. The van der Waals surface area contributed by atoms with Crippen molar-refractivity contribution in [2.45, 2.75) is 20.3 Å². The molecule has 0 saturated carbocycles. The van der Waals surface area contributed by atoms with Gasteiger partial charge in [-0.25, -0.2) is 4.68 Å². The quantitative estimate of drug-likeness (QED) is 0.598. The average Bonchev–Trinajstić information content (AvgIpc) is 3.08. The monoisotopic (exact) mass is 468 g/mol. The molecule has 1 aliphatic rings. The highest BCUT2D eigenvalue weighted by Crippen LogP contribution is 2.23. The molecule has 0 spiro atoms. The summed E-state index contributed by atoms with van der Waals surface area (Å²) in [5.41, 5.74) is 4.65. The van der Waals surface area contributed by atoms with Crippen LogP contribution in [0.3, 0.4) is 0 Å². The lowest BCUT2D eigenvalue weighted by Gasteiger charge is -2.26. The van der Waals surface area contributed by atoms with Gasteiger partial charge in [-0.1, -0.05) is 23.7 Å². The van der Waals surface area contributed by atoms with E-state index in [0.29, 0.717) is 22.7 Å². The van der Waals surface area contributed by atoms with Crippen molar-refractivity contribution in [2.24, 2.45) is 0 Å². The van der Waals surface area contributed by atoms with Crippen LogP contribution in [0.5, 0.6) is 0 Å².